The van der Waals surface area contributed by atoms with E-state index in [1.807, 2.05) is 80.9 Å². The maximum absolute atomic E-state index is 13.7. The maximum Gasteiger partial charge on any atom is 0.410 e. The summed E-state index contributed by atoms with van der Waals surface area (Å²) in [4.78, 5) is 32.5. The molecule has 1 aliphatic rings. The summed E-state index contributed by atoms with van der Waals surface area (Å²) in [6.45, 7) is 7.13. The van der Waals surface area contributed by atoms with Crippen molar-refractivity contribution in [3.05, 3.63) is 89.7 Å². The number of amides is 1. The molecule has 0 fully saturated rings. The van der Waals surface area contributed by atoms with Crippen LogP contribution < -0.4 is 5.32 Å². The van der Waals surface area contributed by atoms with Crippen molar-refractivity contribution < 1.29 is 19.1 Å². The predicted molar refractivity (Wildman–Crippen MR) is 159 cm³/mol. The molecule has 1 aromatic heterocycles. The van der Waals surface area contributed by atoms with Crippen LogP contribution in [0, 0.1) is 5.41 Å². The molecule has 8 heteroatoms. The number of fused-ring (bicyclic) bond motifs is 4. The highest BCUT2D eigenvalue weighted by molar-refractivity contribution is 5.79. The van der Waals surface area contributed by atoms with Gasteiger partial charge in [-0.15, -0.1) is 0 Å². The van der Waals surface area contributed by atoms with Crippen molar-refractivity contribution >= 4 is 23.1 Å². The summed E-state index contributed by atoms with van der Waals surface area (Å²) in [5.74, 6) is 0.382. The smallest absolute Gasteiger partial charge is 0.410 e. The van der Waals surface area contributed by atoms with Crippen molar-refractivity contribution in [1.29, 1.82) is 0 Å². The molecule has 0 bridgehead atoms. The molecule has 5 rings (SSSR count). The van der Waals surface area contributed by atoms with Gasteiger partial charge >= 0.3 is 12.1 Å². The molecule has 1 heterocycles. The predicted octanol–water partition coefficient (Wildman–Crippen LogP) is 5.50. The van der Waals surface area contributed by atoms with E-state index in [0.717, 1.165) is 28.0 Å². The minimum atomic E-state index is -0.521. The third kappa shape index (κ3) is 5.84. The van der Waals surface area contributed by atoms with Gasteiger partial charge in [0.2, 0.25) is 0 Å². The Labute approximate surface area is 241 Å². The Hall–Kier alpha value is -4.17. The minimum Gasteiger partial charge on any atom is -0.468 e. The van der Waals surface area contributed by atoms with Gasteiger partial charge < -0.3 is 19.4 Å². The number of benzene rings is 3. The van der Waals surface area contributed by atoms with Gasteiger partial charge in [0, 0.05) is 26.1 Å². The number of hydrogen-bond acceptors (Lipinski definition) is 6. The number of nitrogens with zero attached hydrogens (tertiary/aromatic N) is 3. The number of hydrogen-bond donors (Lipinski definition) is 1. The van der Waals surface area contributed by atoms with Gasteiger partial charge in [-0.25, -0.2) is 9.78 Å². The molecular formula is C33H38N4O4. The summed E-state index contributed by atoms with van der Waals surface area (Å²) in [5, 5.41) is 3.29. The highest BCUT2D eigenvalue weighted by Gasteiger charge is 2.33. The van der Waals surface area contributed by atoms with E-state index in [-0.39, 0.29) is 30.5 Å². The van der Waals surface area contributed by atoms with Crippen LogP contribution in [0.3, 0.4) is 0 Å². The Kier molecular flexibility index (Phi) is 8.13. The molecule has 41 heavy (non-hydrogen) atoms. The second-order valence-electron chi connectivity index (χ2n) is 11.6. The number of esters is 1. The van der Waals surface area contributed by atoms with Gasteiger partial charge in [0.05, 0.1) is 24.7 Å². The SMILES string of the molecule is COC(=O)[C@@H](NCCN(Cc1nc2ccccc2n1C)C(=O)OCC1c2ccccc2-c2ccccc21)C(C)(C)C. The number of methoxy groups -OCH3 is 1. The Balaban J connectivity index is 1.35. The molecule has 0 spiro atoms. The lowest BCUT2D eigenvalue weighted by atomic mass is 9.87. The van der Waals surface area contributed by atoms with Gasteiger partial charge in [0.1, 0.15) is 18.5 Å². The number of para-hydroxylation sites is 2. The molecule has 1 atom stereocenters. The van der Waals surface area contributed by atoms with Crippen molar-refractivity contribution in [2.75, 3.05) is 26.8 Å². The molecule has 3 aromatic carbocycles. The van der Waals surface area contributed by atoms with Crippen LogP contribution in [0.15, 0.2) is 72.8 Å². The summed E-state index contributed by atoms with van der Waals surface area (Å²) in [6.07, 6.45) is -0.425. The van der Waals surface area contributed by atoms with Crippen molar-refractivity contribution in [3.63, 3.8) is 0 Å². The molecule has 0 saturated carbocycles. The van der Waals surface area contributed by atoms with E-state index in [1.165, 1.54) is 18.2 Å². The number of imidazole rings is 1. The normalized spacial score (nSPS) is 13.5. The largest absolute Gasteiger partial charge is 0.468 e. The fourth-order valence-corrected chi connectivity index (χ4v) is 5.63. The fourth-order valence-electron chi connectivity index (χ4n) is 5.63. The maximum atomic E-state index is 13.7. The molecule has 214 valence electrons. The zero-order chi connectivity index (χ0) is 29.1. The monoisotopic (exact) mass is 554 g/mol. The van der Waals surface area contributed by atoms with E-state index in [2.05, 4.69) is 29.6 Å². The van der Waals surface area contributed by atoms with Gasteiger partial charge in [-0.3, -0.25) is 9.69 Å². The van der Waals surface area contributed by atoms with E-state index in [0.29, 0.717) is 13.1 Å². The zero-order valence-corrected chi connectivity index (χ0v) is 24.4. The van der Waals surface area contributed by atoms with Gasteiger partial charge in [-0.05, 0) is 39.8 Å². The molecule has 1 amide bonds. The van der Waals surface area contributed by atoms with E-state index in [1.54, 1.807) is 4.90 Å². The fraction of sp³-hybridized carbons (Fsp3) is 0.364. The zero-order valence-electron chi connectivity index (χ0n) is 24.4. The average Bonchev–Trinajstić information content (AvgIpc) is 3.46. The summed E-state index contributed by atoms with van der Waals surface area (Å²) >= 11 is 0. The highest BCUT2D eigenvalue weighted by atomic mass is 16.6. The number of aryl methyl sites for hydroxylation is 1. The van der Waals surface area contributed by atoms with Gasteiger partial charge in [0.25, 0.3) is 0 Å². The van der Waals surface area contributed by atoms with Crippen LogP contribution in [0.25, 0.3) is 22.2 Å². The second kappa shape index (κ2) is 11.7. The first-order chi connectivity index (χ1) is 19.7. The molecule has 0 aliphatic heterocycles. The average molecular weight is 555 g/mol. The molecule has 0 radical (unpaired) electrons. The van der Waals surface area contributed by atoms with Crippen molar-refractivity contribution in [1.82, 2.24) is 19.8 Å². The highest BCUT2D eigenvalue weighted by Crippen LogP contribution is 2.44. The Morgan fingerprint density at radius 2 is 1.59 bits per heavy atom. The van der Waals surface area contributed by atoms with Crippen LogP contribution >= 0.6 is 0 Å². The molecular weight excluding hydrogens is 516 g/mol. The summed E-state index contributed by atoms with van der Waals surface area (Å²) in [6, 6.07) is 23.9. The van der Waals surface area contributed by atoms with Crippen molar-refractivity contribution in [2.24, 2.45) is 12.5 Å². The minimum absolute atomic E-state index is 0.0355. The first kappa shape index (κ1) is 28.4. The van der Waals surface area contributed by atoms with E-state index < -0.39 is 12.1 Å². The summed E-state index contributed by atoms with van der Waals surface area (Å²) in [5.41, 5.74) is 6.19. The molecule has 0 saturated heterocycles. The topological polar surface area (TPSA) is 85.7 Å². The van der Waals surface area contributed by atoms with Crippen LogP contribution in [-0.4, -0.2) is 59.4 Å². The van der Waals surface area contributed by atoms with Gasteiger partial charge in [0.15, 0.2) is 0 Å². The van der Waals surface area contributed by atoms with E-state index >= 15 is 0 Å². The number of aromatic nitrogens is 2. The van der Waals surface area contributed by atoms with Crippen molar-refractivity contribution in [3.8, 4) is 11.1 Å². The molecule has 1 aliphatic carbocycles. The Morgan fingerprint density at radius 3 is 2.20 bits per heavy atom. The quantitative estimate of drug-likeness (QED) is 0.275. The molecule has 0 unspecified atom stereocenters. The number of carbonyl (C=O) groups excluding carboxylic acids is 2. The van der Waals surface area contributed by atoms with E-state index in [9.17, 15) is 9.59 Å². The number of ether oxygens (including phenoxy) is 2. The van der Waals surface area contributed by atoms with Gasteiger partial charge in [-0.2, -0.15) is 0 Å². The summed E-state index contributed by atoms with van der Waals surface area (Å²) < 4.78 is 13.0. The molecule has 1 N–H and O–H groups in total. The van der Waals surface area contributed by atoms with E-state index in [4.69, 9.17) is 14.5 Å². The van der Waals surface area contributed by atoms with Crippen LogP contribution in [0.1, 0.15) is 43.6 Å². The van der Waals surface area contributed by atoms with Crippen LogP contribution in [0.4, 0.5) is 4.79 Å². The lowest BCUT2D eigenvalue weighted by Crippen LogP contribution is -2.49. The molecule has 4 aromatic rings. The number of rotatable bonds is 9. The third-order valence-electron chi connectivity index (χ3n) is 7.84. The van der Waals surface area contributed by atoms with Crippen LogP contribution in [0.5, 0.6) is 0 Å². The Morgan fingerprint density at radius 1 is 0.976 bits per heavy atom. The standard InChI is InChI=1S/C33H38N4O4/c1-33(2,3)30(31(38)40-5)34-18-19-37(20-29-35-27-16-10-11-17-28(27)36(29)4)32(39)41-21-26-24-14-8-6-12-22(24)23-13-7-9-15-25(23)26/h6-17,26,30,34H,18-21H2,1-5H3/t30-/m1/s1. The van der Waals surface area contributed by atoms with Crippen molar-refractivity contribution in [2.45, 2.75) is 39.3 Å². The first-order valence-corrected chi connectivity index (χ1v) is 14.0. The summed E-state index contributed by atoms with van der Waals surface area (Å²) in [7, 11) is 3.34. The van der Waals surface area contributed by atoms with Crippen LogP contribution in [0.2, 0.25) is 0 Å². The number of carbonyl (C=O) groups is 2. The number of nitrogens with one attached hydrogen (secondary N) is 1. The van der Waals surface area contributed by atoms with Crippen LogP contribution in [-0.2, 0) is 27.9 Å². The molecule has 8 nitrogen and oxygen atoms in total. The Bertz CT molecular complexity index is 1510. The first-order valence-electron chi connectivity index (χ1n) is 14.0. The van der Waals surface area contributed by atoms with Gasteiger partial charge in [-0.1, -0.05) is 81.4 Å². The third-order valence-corrected chi connectivity index (χ3v) is 7.84. The lowest BCUT2D eigenvalue weighted by Gasteiger charge is -2.30. The lowest BCUT2D eigenvalue weighted by molar-refractivity contribution is -0.146. The second-order valence-corrected chi connectivity index (χ2v) is 11.6.